The minimum atomic E-state index is -0.384. The summed E-state index contributed by atoms with van der Waals surface area (Å²) in [6.07, 6.45) is 0.890. The molecule has 1 N–H and O–H groups in total. The molecule has 0 aliphatic heterocycles. The Morgan fingerprint density at radius 2 is 2.20 bits per heavy atom. The molecule has 20 heavy (non-hydrogen) atoms. The summed E-state index contributed by atoms with van der Waals surface area (Å²) in [7, 11) is 1.87. The monoisotopic (exact) mass is 292 g/mol. The first-order valence-electron chi connectivity index (χ1n) is 6.32. The largest absolute Gasteiger partial charge is 0.311 e. The first-order chi connectivity index (χ1) is 9.56. The van der Waals surface area contributed by atoms with Crippen LogP contribution in [0.4, 0.5) is 5.69 Å². The van der Waals surface area contributed by atoms with Crippen LogP contribution < -0.4 is 5.32 Å². The quantitative estimate of drug-likeness (QED) is 0.676. The van der Waals surface area contributed by atoms with Crippen LogP contribution in [0.2, 0.25) is 0 Å². The van der Waals surface area contributed by atoms with Gasteiger partial charge in [-0.3, -0.25) is 10.1 Å². The summed E-state index contributed by atoms with van der Waals surface area (Å²) < 4.78 is 0. The number of hydrogen-bond acceptors (Lipinski definition) is 6. The molecule has 0 radical (unpaired) electrons. The highest BCUT2D eigenvalue weighted by Crippen LogP contribution is 2.34. The lowest BCUT2D eigenvalue weighted by atomic mass is 10.1. The summed E-state index contributed by atoms with van der Waals surface area (Å²) >= 11 is 1.39. The topological polar surface area (TPSA) is 81.0 Å². The average Bonchev–Trinajstić information content (AvgIpc) is 2.89. The van der Waals surface area contributed by atoms with E-state index < -0.39 is 0 Å². The van der Waals surface area contributed by atoms with Gasteiger partial charge in [-0.2, -0.15) is 0 Å². The molecular formula is C13H16N4O2S. The second kappa shape index (κ2) is 6.06. The Bertz CT molecular complexity index is 623. The Kier molecular flexibility index (Phi) is 4.41. The molecule has 0 saturated heterocycles. The number of nitro benzene ring substituents is 1. The molecule has 1 heterocycles. The van der Waals surface area contributed by atoms with Gasteiger partial charge in [0.05, 0.1) is 16.5 Å². The zero-order chi connectivity index (χ0) is 14.7. The summed E-state index contributed by atoms with van der Waals surface area (Å²) in [4.78, 5) is 10.7. The van der Waals surface area contributed by atoms with Crippen LogP contribution in [0.15, 0.2) is 18.2 Å². The van der Waals surface area contributed by atoms with E-state index in [0.717, 1.165) is 17.0 Å². The summed E-state index contributed by atoms with van der Waals surface area (Å²) in [5.74, 6) is 0. The minimum Gasteiger partial charge on any atom is -0.311 e. The number of nitrogens with one attached hydrogen (secondary N) is 1. The first kappa shape index (κ1) is 14.5. The highest BCUT2D eigenvalue weighted by molar-refractivity contribution is 7.14. The molecule has 0 saturated carbocycles. The molecule has 106 valence electrons. The molecule has 0 aliphatic rings. The summed E-state index contributed by atoms with van der Waals surface area (Å²) in [6.45, 7) is 3.95. The van der Waals surface area contributed by atoms with Crippen LogP contribution in [0.1, 0.15) is 30.0 Å². The molecule has 6 nitrogen and oxygen atoms in total. The number of hydrogen-bond donors (Lipinski definition) is 1. The molecule has 0 bridgehead atoms. The van der Waals surface area contributed by atoms with Gasteiger partial charge in [0, 0.05) is 6.07 Å². The van der Waals surface area contributed by atoms with Gasteiger partial charge in [-0.15, -0.1) is 10.2 Å². The van der Waals surface area contributed by atoms with Crippen molar-refractivity contribution in [2.75, 3.05) is 7.05 Å². The SMILES string of the molecule is CCC(NC)c1nnc(-c2cc(C)ccc2[N+](=O)[O-])s1. The van der Waals surface area contributed by atoms with Gasteiger partial charge in [0.25, 0.3) is 5.69 Å². The van der Waals surface area contributed by atoms with Gasteiger partial charge in [-0.25, -0.2) is 0 Å². The van der Waals surface area contributed by atoms with Crippen molar-refractivity contribution >= 4 is 17.0 Å². The lowest BCUT2D eigenvalue weighted by Crippen LogP contribution is -2.14. The molecule has 0 aliphatic carbocycles. The zero-order valence-electron chi connectivity index (χ0n) is 11.6. The van der Waals surface area contributed by atoms with Crippen LogP contribution in [0.25, 0.3) is 10.6 Å². The molecule has 1 aromatic carbocycles. The van der Waals surface area contributed by atoms with Crippen molar-refractivity contribution in [1.82, 2.24) is 15.5 Å². The average molecular weight is 292 g/mol. The van der Waals surface area contributed by atoms with Crippen molar-refractivity contribution < 1.29 is 4.92 Å². The van der Waals surface area contributed by atoms with E-state index >= 15 is 0 Å². The molecule has 2 aromatic rings. The van der Waals surface area contributed by atoms with E-state index in [-0.39, 0.29) is 16.7 Å². The molecule has 0 amide bonds. The van der Waals surface area contributed by atoms with Gasteiger partial charge in [-0.1, -0.05) is 24.3 Å². The van der Waals surface area contributed by atoms with Crippen LogP contribution in [0.5, 0.6) is 0 Å². The summed E-state index contributed by atoms with van der Waals surface area (Å²) in [5, 5.41) is 24.0. The van der Waals surface area contributed by atoms with Crippen LogP contribution >= 0.6 is 11.3 Å². The van der Waals surface area contributed by atoms with Crippen molar-refractivity contribution in [3.8, 4) is 10.6 Å². The van der Waals surface area contributed by atoms with Crippen molar-refractivity contribution in [2.45, 2.75) is 26.3 Å². The maximum atomic E-state index is 11.1. The third-order valence-electron chi connectivity index (χ3n) is 3.07. The predicted molar refractivity (Wildman–Crippen MR) is 78.8 cm³/mol. The molecular weight excluding hydrogens is 276 g/mol. The Morgan fingerprint density at radius 3 is 2.80 bits per heavy atom. The van der Waals surface area contributed by atoms with E-state index in [1.54, 1.807) is 12.1 Å². The standard InChI is InChI=1S/C13H16N4O2S/c1-4-10(14-3)13-16-15-12(20-13)9-7-8(2)5-6-11(9)17(18)19/h5-7,10,14H,4H2,1-3H3. The molecule has 1 atom stereocenters. The van der Waals surface area contributed by atoms with Crippen LogP contribution in [0.3, 0.4) is 0 Å². The van der Waals surface area contributed by atoms with E-state index in [0.29, 0.717) is 10.6 Å². The van der Waals surface area contributed by atoms with E-state index in [9.17, 15) is 10.1 Å². The number of benzene rings is 1. The van der Waals surface area contributed by atoms with Gasteiger partial charge in [0.2, 0.25) is 0 Å². The van der Waals surface area contributed by atoms with Gasteiger partial charge in [0.15, 0.2) is 5.01 Å². The minimum absolute atomic E-state index is 0.0656. The normalized spacial score (nSPS) is 12.3. The number of aromatic nitrogens is 2. The Labute approximate surface area is 121 Å². The van der Waals surface area contributed by atoms with Crippen molar-refractivity contribution in [1.29, 1.82) is 0 Å². The van der Waals surface area contributed by atoms with E-state index in [4.69, 9.17) is 0 Å². The third-order valence-corrected chi connectivity index (χ3v) is 4.14. The molecule has 0 spiro atoms. The number of rotatable bonds is 5. The van der Waals surface area contributed by atoms with Crippen LogP contribution in [0, 0.1) is 17.0 Å². The van der Waals surface area contributed by atoms with Crippen LogP contribution in [-0.2, 0) is 0 Å². The second-order valence-electron chi connectivity index (χ2n) is 4.47. The van der Waals surface area contributed by atoms with Crippen molar-refractivity contribution in [3.63, 3.8) is 0 Å². The molecule has 1 aromatic heterocycles. The second-order valence-corrected chi connectivity index (χ2v) is 5.48. The molecule has 1 unspecified atom stereocenters. The third kappa shape index (κ3) is 2.83. The molecule has 7 heteroatoms. The van der Waals surface area contributed by atoms with E-state index in [1.165, 1.54) is 17.4 Å². The lowest BCUT2D eigenvalue weighted by Gasteiger charge is -2.08. The fourth-order valence-corrected chi connectivity index (χ4v) is 3.03. The maximum Gasteiger partial charge on any atom is 0.279 e. The van der Waals surface area contributed by atoms with Gasteiger partial charge >= 0.3 is 0 Å². The number of nitro groups is 1. The van der Waals surface area contributed by atoms with Crippen molar-refractivity contribution in [3.05, 3.63) is 38.9 Å². The summed E-state index contributed by atoms with van der Waals surface area (Å²) in [5.41, 5.74) is 1.56. The zero-order valence-corrected chi connectivity index (χ0v) is 12.4. The first-order valence-corrected chi connectivity index (χ1v) is 7.14. The maximum absolute atomic E-state index is 11.1. The van der Waals surface area contributed by atoms with E-state index in [2.05, 4.69) is 22.4 Å². The van der Waals surface area contributed by atoms with Gasteiger partial charge < -0.3 is 5.32 Å². The predicted octanol–water partition coefficient (Wildman–Crippen LogP) is 3.09. The Morgan fingerprint density at radius 1 is 1.45 bits per heavy atom. The fourth-order valence-electron chi connectivity index (χ4n) is 1.97. The number of aryl methyl sites for hydroxylation is 1. The smallest absolute Gasteiger partial charge is 0.279 e. The van der Waals surface area contributed by atoms with Gasteiger partial charge in [-0.05, 0) is 32.0 Å². The Hall–Kier alpha value is -1.86. The number of nitrogens with zero attached hydrogens (tertiary/aromatic N) is 3. The fraction of sp³-hybridized carbons (Fsp3) is 0.385. The van der Waals surface area contributed by atoms with E-state index in [1.807, 2.05) is 14.0 Å². The highest BCUT2D eigenvalue weighted by Gasteiger charge is 2.20. The summed E-state index contributed by atoms with van der Waals surface area (Å²) in [6, 6.07) is 5.15. The highest BCUT2D eigenvalue weighted by atomic mass is 32.1. The van der Waals surface area contributed by atoms with Gasteiger partial charge in [0.1, 0.15) is 5.01 Å². The molecule has 0 fully saturated rings. The Balaban J connectivity index is 2.46. The van der Waals surface area contributed by atoms with Crippen LogP contribution in [-0.4, -0.2) is 22.2 Å². The lowest BCUT2D eigenvalue weighted by molar-refractivity contribution is -0.384. The van der Waals surface area contributed by atoms with Crippen molar-refractivity contribution in [2.24, 2.45) is 0 Å². The molecule has 2 rings (SSSR count).